The van der Waals surface area contributed by atoms with Crippen molar-refractivity contribution in [2.45, 2.75) is 13.8 Å². The molecule has 2 aliphatic rings. The van der Waals surface area contributed by atoms with Crippen LogP contribution in [0, 0.1) is 13.8 Å². The summed E-state index contributed by atoms with van der Waals surface area (Å²) < 4.78 is 0. The molecule has 2 aliphatic heterocycles. The molecule has 0 N–H and O–H groups in total. The van der Waals surface area contributed by atoms with Crippen molar-refractivity contribution < 1.29 is 9.59 Å². The summed E-state index contributed by atoms with van der Waals surface area (Å²) in [6.07, 6.45) is 1.60. The van der Waals surface area contributed by atoms with Gasteiger partial charge in [0.15, 0.2) is 0 Å². The molecule has 5 nitrogen and oxygen atoms in total. The van der Waals surface area contributed by atoms with Crippen LogP contribution in [0.1, 0.15) is 16.7 Å². The van der Waals surface area contributed by atoms with E-state index in [1.54, 1.807) is 6.08 Å². The predicted octanol–water partition coefficient (Wildman–Crippen LogP) is 3.39. The van der Waals surface area contributed by atoms with Gasteiger partial charge in [-0.25, -0.2) is 0 Å². The van der Waals surface area contributed by atoms with Gasteiger partial charge in [0.1, 0.15) is 5.70 Å². The Balaban J connectivity index is 1.64. The zero-order valence-electron chi connectivity index (χ0n) is 17.6. The maximum Gasteiger partial charge on any atom is 0.278 e. The van der Waals surface area contributed by atoms with Crippen LogP contribution in [-0.2, 0) is 9.59 Å². The Labute approximate surface area is 177 Å². The number of carbonyl (C=O) groups is 2. The number of hydrogen-bond donors (Lipinski definition) is 0. The van der Waals surface area contributed by atoms with E-state index in [0.29, 0.717) is 24.4 Å². The number of benzene rings is 2. The maximum absolute atomic E-state index is 13.2. The zero-order chi connectivity index (χ0) is 21.3. The van der Waals surface area contributed by atoms with Crippen molar-refractivity contribution in [2.75, 3.05) is 37.6 Å². The SMILES string of the molecule is C=CCN1C(=O)C(c2ccc(C)cc2)=C(N2CCN(c3cccc(C)c3)CC2)C1=O. The van der Waals surface area contributed by atoms with Gasteiger partial charge in [0.25, 0.3) is 11.8 Å². The molecule has 2 aromatic rings. The molecule has 0 aromatic heterocycles. The summed E-state index contributed by atoms with van der Waals surface area (Å²) in [7, 11) is 0. The highest BCUT2D eigenvalue weighted by Gasteiger charge is 2.41. The molecule has 0 saturated carbocycles. The van der Waals surface area contributed by atoms with Crippen molar-refractivity contribution in [3.8, 4) is 0 Å². The van der Waals surface area contributed by atoms with Gasteiger partial charge in [0.2, 0.25) is 0 Å². The molecular formula is C25H27N3O2. The molecule has 154 valence electrons. The van der Waals surface area contributed by atoms with E-state index in [1.165, 1.54) is 16.2 Å². The summed E-state index contributed by atoms with van der Waals surface area (Å²) in [6, 6.07) is 16.3. The van der Waals surface area contributed by atoms with Gasteiger partial charge in [-0.2, -0.15) is 0 Å². The monoisotopic (exact) mass is 401 g/mol. The molecule has 0 spiro atoms. The summed E-state index contributed by atoms with van der Waals surface area (Å²) in [4.78, 5) is 32.0. The molecule has 30 heavy (non-hydrogen) atoms. The van der Waals surface area contributed by atoms with Crippen LogP contribution in [0.5, 0.6) is 0 Å². The fourth-order valence-corrected chi connectivity index (χ4v) is 4.14. The van der Waals surface area contributed by atoms with E-state index in [4.69, 9.17) is 0 Å². The molecule has 4 rings (SSSR count). The molecule has 0 aliphatic carbocycles. The maximum atomic E-state index is 13.2. The van der Waals surface area contributed by atoms with Crippen LogP contribution < -0.4 is 4.90 Å². The number of aryl methyl sites for hydroxylation is 2. The van der Waals surface area contributed by atoms with E-state index >= 15 is 0 Å². The molecule has 5 heteroatoms. The van der Waals surface area contributed by atoms with Gasteiger partial charge < -0.3 is 9.80 Å². The van der Waals surface area contributed by atoms with Crippen molar-refractivity contribution >= 4 is 23.1 Å². The highest BCUT2D eigenvalue weighted by atomic mass is 16.2. The third-order valence-electron chi connectivity index (χ3n) is 5.76. The Morgan fingerprint density at radius 2 is 1.53 bits per heavy atom. The molecule has 1 fully saturated rings. The second kappa shape index (κ2) is 8.19. The van der Waals surface area contributed by atoms with Gasteiger partial charge in [-0.05, 0) is 37.1 Å². The molecular weight excluding hydrogens is 374 g/mol. The second-order valence-corrected chi connectivity index (χ2v) is 7.91. The normalized spacial score (nSPS) is 17.2. The molecule has 2 aromatic carbocycles. The van der Waals surface area contributed by atoms with Crippen molar-refractivity contribution in [3.05, 3.63) is 83.6 Å². The fourth-order valence-electron chi connectivity index (χ4n) is 4.14. The highest BCUT2D eigenvalue weighted by molar-refractivity contribution is 6.35. The van der Waals surface area contributed by atoms with Crippen molar-refractivity contribution in [2.24, 2.45) is 0 Å². The lowest BCUT2D eigenvalue weighted by molar-refractivity contribution is -0.136. The van der Waals surface area contributed by atoms with Crippen molar-refractivity contribution in [1.82, 2.24) is 9.80 Å². The summed E-state index contributed by atoms with van der Waals surface area (Å²) in [5, 5.41) is 0. The summed E-state index contributed by atoms with van der Waals surface area (Å²) in [5.41, 5.74) is 5.37. The number of piperazine rings is 1. The van der Waals surface area contributed by atoms with E-state index in [-0.39, 0.29) is 18.4 Å². The standard InChI is InChI=1S/C25H27N3O2/c1-4-12-28-24(29)22(20-10-8-18(2)9-11-20)23(25(28)30)27-15-13-26(14-16-27)21-7-5-6-19(3)17-21/h4-11,17H,1,12-16H2,2-3H3. The van der Waals surface area contributed by atoms with Crippen LogP contribution in [0.15, 0.2) is 66.9 Å². The Hall–Kier alpha value is -3.34. The first-order valence-electron chi connectivity index (χ1n) is 10.3. The van der Waals surface area contributed by atoms with Crippen molar-refractivity contribution in [1.29, 1.82) is 0 Å². The minimum Gasteiger partial charge on any atom is -0.368 e. The van der Waals surface area contributed by atoms with Gasteiger partial charge >= 0.3 is 0 Å². The molecule has 0 unspecified atom stereocenters. The van der Waals surface area contributed by atoms with Crippen LogP contribution in [0.3, 0.4) is 0 Å². The number of amides is 2. The van der Waals surface area contributed by atoms with E-state index in [1.807, 2.05) is 31.2 Å². The molecule has 0 radical (unpaired) electrons. The third kappa shape index (κ3) is 3.63. The summed E-state index contributed by atoms with van der Waals surface area (Å²) in [5.74, 6) is -0.459. The van der Waals surface area contributed by atoms with E-state index in [9.17, 15) is 9.59 Å². The average Bonchev–Trinajstić information content (AvgIpc) is 2.99. The zero-order valence-corrected chi connectivity index (χ0v) is 17.6. The Kier molecular flexibility index (Phi) is 5.44. The van der Waals surface area contributed by atoms with Gasteiger partial charge in [0, 0.05) is 38.4 Å². The summed E-state index contributed by atoms with van der Waals surface area (Å²) >= 11 is 0. The van der Waals surface area contributed by atoms with E-state index in [2.05, 4.69) is 47.6 Å². The molecule has 0 bridgehead atoms. The Morgan fingerprint density at radius 3 is 2.17 bits per heavy atom. The molecule has 2 amide bonds. The van der Waals surface area contributed by atoms with E-state index < -0.39 is 0 Å². The van der Waals surface area contributed by atoms with Crippen LogP contribution in [0.25, 0.3) is 5.57 Å². The lowest BCUT2D eigenvalue weighted by Crippen LogP contribution is -2.47. The summed E-state index contributed by atoms with van der Waals surface area (Å²) in [6.45, 7) is 11.0. The van der Waals surface area contributed by atoms with E-state index in [0.717, 1.165) is 24.2 Å². The number of carbonyl (C=O) groups excluding carboxylic acids is 2. The highest BCUT2D eigenvalue weighted by Crippen LogP contribution is 2.32. The molecule has 0 atom stereocenters. The van der Waals surface area contributed by atoms with Gasteiger partial charge in [0.05, 0.1) is 5.57 Å². The third-order valence-corrected chi connectivity index (χ3v) is 5.76. The van der Waals surface area contributed by atoms with Crippen LogP contribution >= 0.6 is 0 Å². The molecule has 1 saturated heterocycles. The largest absolute Gasteiger partial charge is 0.368 e. The Morgan fingerprint density at radius 1 is 0.867 bits per heavy atom. The number of imide groups is 1. The first-order chi connectivity index (χ1) is 14.5. The fraction of sp³-hybridized carbons (Fsp3) is 0.280. The van der Waals surface area contributed by atoms with Gasteiger partial charge in [-0.1, -0.05) is 48.0 Å². The second-order valence-electron chi connectivity index (χ2n) is 7.91. The lowest BCUT2D eigenvalue weighted by atomic mass is 10.0. The van der Waals surface area contributed by atoms with Crippen LogP contribution in [0.4, 0.5) is 5.69 Å². The number of nitrogens with zero attached hydrogens (tertiary/aromatic N) is 3. The van der Waals surface area contributed by atoms with Crippen LogP contribution in [-0.4, -0.2) is 54.3 Å². The smallest absolute Gasteiger partial charge is 0.278 e. The van der Waals surface area contributed by atoms with Gasteiger partial charge in [-0.3, -0.25) is 14.5 Å². The lowest BCUT2D eigenvalue weighted by Gasteiger charge is -2.37. The number of hydrogen-bond acceptors (Lipinski definition) is 4. The van der Waals surface area contributed by atoms with Crippen molar-refractivity contribution in [3.63, 3.8) is 0 Å². The first-order valence-corrected chi connectivity index (χ1v) is 10.3. The van der Waals surface area contributed by atoms with Gasteiger partial charge in [-0.15, -0.1) is 6.58 Å². The van der Waals surface area contributed by atoms with Crippen LogP contribution in [0.2, 0.25) is 0 Å². The number of anilines is 1. The average molecular weight is 402 g/mol. The predicted molar refractivity (Wildman–Crippen MR) is 120 cm³/mol. The molecule has 2 heterocycles. The minimum absolute atomic E-state index is 0.222. The minimum atomic E-state index is -0.236. The quantitative estimate of drug-likeness (QED) is 0.569. The topological polar surface area (TPSA) is 43.9 Å². The first kappa shape index (κ1) is 20.0. The Bertz CT molecular complexity index is 1010. The number of rotatable bonds is 5.